The van der Waals surface area contributed by atoms with Gasteiger partial charge in [-0.3, -0.25) is 9.78 Å². The molecule has 0 saturated heterocycles. The van der Waals surface area contributed by atoms with Gasteiger partial charge in [0.05, 0.1) is 17.5 Å². The third-order valence-corrected chi connectivity index (χ3v) is 2.71. The molecular weight excluding hydrogens is 261 g/mol. The minimum atomic E-state index is -0.686. The van der Waals surface area contributed by atoms with Gasteiger partial charge in [-0.1, -0.05) is 17.3 Å². The normalized spacial score (nSPS) is 11.2. The monoisotopic (exact) mass is 273 g/mol. The smallest absolute Gasteiger partial charge is 0.258 e. The molecule has 1 aromatic heterocycles. The van der Waals surface area contributed by atoms with Crippen LogP contribution in [-0.4, -0.2) is 21.8 Å². The second-order valence-electron chi connectivity index (χ2n) is 4.08. The van der Waals surface area contributed by atoms with Gasteiger partial charge in [0, 0.05) is 17.4 Å². The Morgan fingerprint density at radius 2 is 2.20 bits per heavy atom. The van der Waals surface area contributed by atoms with Gasteiger partial charge in [-0.25, -0.2) is 4.39 Å². The number of amides is 1. The molecule has 0 unspecified atom stereocenters. The summed E-state index contributed by atoms with van der Waals surface area (Å²) in [5.74, 6) is -1.25. The Morgan fingerprint density at radius 1 is 1.40 bits per heavy atom. The summed E-state index contributed by atoms with van der Waals surface area (Å²) in [6.45, 7) is 1.63. The fraction of sp³-hybridized carbons (Fsp3) is 0.0714. The third kappa shape index (κ3) is 2.97. The molecule has 2 aromatic rings. The molecule has 5 nitrogen and oxygen atoms in total. The fourth-order valence-corrected chi connectivity index (χ4v) is 1.64. The van der Waals surface area contributed by atoms with E-state index in [9.17, 15) is 9.18 Å². The second kappa shape index (κ2) is 5.92. The van der Waals surface area contributed by atoms with Crippen LogP contribution in [0.5, 0.6) is 0 Å². The van der Waals surface area contributed by atoms with Gasteiger partial charge < -0.3 is 10.5 Å². The number of halogens is 1. The summed E-state index contributed by atoms with van der Waals surface area (Å²) in [6, 6.07) is 8.02. The first-order valence-electron chi connectivity index (χ1n) is 5.82. The molecule has 0 saturated carbocycles. The van der Waals surface area contributed by atoms with Gasteiger partial charge in [0.2, 0.25) is 0 Å². The quantitative estimate of drug-likeness (QED) is 0.513. The Bertz CT molecular complexity index is 671. The lowest BCUT2D eigenvalue weighted by Crippen LogP contribution is -2.14. The van der Waals surface area contributed by atoms with Crippen molar-refractivity contribution >= 4 is 17.3 Å². The van der Waals surface area contributed by atoms with E-state index in [4.69, 9.17) is 5.21 Å². The van der Waals surface area contributed by atoms with Crippen LogP contribution in [0.1, 0.15) is 22.8 Å². The first kappa shape index (κ1) is 13.7. The van der Waals surface area contributed by atoms with Crippen LogP contribution in [0.4, 0.5) is 10.1 Å². The number of anilines is 1. The Labute approximate surface area is 114 Å². The lowest BCUT2D eigenvalue weighted by atomic mass is 10.1. The van der Waals surface area contributed by atoms with Crippen molar-refractivity contribution in [1.82, 2.24) is 4.98 Å². The van der Waals surface area contributed by atoms with Crippen LogP contribution in [0.15, 0.2) is 47.9 Å². The maximum Gasteiger partial charge on any atom is 0.258 e. The summed E-state index contributed by atoms with van der Waals surface area (Å²) in [5.41, 5.74) is 1.46. The van der Waals surface area contributed by atoms with E-state index >= 15 is 0 Å². The lowest BCUT2D eigenvalue weighted by molar-refractivity contribution is 0.102. The van der Waals surface area contributed by atoms with Crippen molar-refractivity contribution in [3.63, 3.8) is 0 Å². The molecular formula is C14H12FN3O2. The van der Waals surface area contributed by atoms with Crippen LogP contribution >= 0.6 is 0 Å². The van der Waals surface area contributed by atoms with Gasteiger partial charge in [0.15, 0.2) is 5.82 Å². The molecule has 0 radical (unpaired) electrons. The van der Waals surface area contributed by atoms with Crippen LogP contribution in [-0.2, 0) is 0 Å². The van der Waals surface area contributed by atoms with E-state index in [1.54, 1.807) is 31.2 Å². The standard InChI is InChI=1S/C14H12FN3O2/c1-9(18-20)10-3-2-4-11(7-10)17-14(19)12-5-6-16-8-13(12)15/h2-8,20H,1H3,(H,17,19). The molecule has 0 atom stereocenters. The van der Waals surface area contributed by atoms with Crippen LogP contribution < -0.4 is 5.32 Å². The minimum absolute atomic E-state index is 0.0852. The van der Waals surface area contributed by atoms with E-state index in [-0.39, 0.29) is 5.56 Å². The second-order valence-corrected chi connectivity index (χ2v) is 4.08. The van der Waals surface area contributed by atoms with E-state index in [0.717, 1.165) is 6.20 Å². The number of pyridine rings is 1. The first-order chi connectivity index (χ1) is 9.61. The number of nitrogens with one attached hydrogen (secondary N) is 1. The SMILES string of the molecule is CC(=NO)c1cccc(NC(=O)c2ccncc2F)c1. The van der Waals surface area contributed by atoms with E-state index in [1.165, 1.54) is 12.3 Å². The number of rotatable bonds is 3. The number of carbonyl (C=O) groups is 1. The van der Waals surface area contributed by atoms with Gasteiger partial charge in [-0.2, -0.15) is 0 Å². The highest BCUT2D eigenvalue weighted by Gasteiger charge is 2.11. The van der Waals surface area contributed by atoms with Gasteiger partial charge in [-0.05, 0) is 25.1 Å². The molecule has 1 heterocycles. The highest BCUT2D eigenvalue weighted by atomic mass is 19.1. The summed E-state index contributed by atoms with van der Waals surface area (Å²) in [5, 5.41) is 14.4. The highest BCUT2D eigenvalue weighted by molar-refractivity contribution is 6.05. The van der Waals surface area contributed by atoms with E-state index < -0.39 is 11.7 Å². The zero-order chi connectivity index (χ0) is 14.5. The molecule has 0 bridgehead atoms. The molecule has 2 N–H and O–H groups in total. The summed E-state index contributed by atoms with van der Waals surface area (Å²) in [7, 11) is 0. The minimum Gasteiger partial charge on any atom is -0.411 e. The highest BCUT2D eigenvalue weighted by Crippen LogP contribution is 2.14. The predicted octanol–water partition coefficient (Wildman–Crippen LogP) is 2.67. The van der Waals surface area contributed by atoms with Crippen molar-refractivity contribution in [1.29, 1.82) is 0 Å². The Morgan fingerprint density at radius 3 is 2.90 bits per heavy atom. The average molecular weight is 273 g/mol. The first-order valence-corrected chi connectivity index (χ1v) is 5.82. The number of oxime groups is 1. The molecule has 0 aliphatic rings. The van der Waals surface area contributed by atoms with E-state index in [0.29, 0.717) is 17.0 Å². The van der Waals surface area contributed by atoms with E-state index in [2.05, 4.69) is 15.5 Å². The molecule has 102 valence electrons. The molecule has 1 aromatic carbocycles. The molecule has 2 rings (SSSR count). The van der Waals surface area contributed by atoms with E-state index in [1.807, 2.05) is 0 Å². The maximum atomic E-state index is 13.4. The fourth-order valence-electron chi connectivity index (χ4n) is 1.64. The number of nitrogens with zero attached hydrogens (tertiary/aromatic N) is 2. The molecule has 0 fully saturated rings. The van der Waals surface area contributed by atoms with Gasteiger partial charge >= 0.3 is 0 Å². The topological polar surface area (TPSA) is 74.6 Å². The Balaban J connectivity index is 2.23. The van der Waals surface area contributed by atoms with Crippen molar-refractivity contribution in [3.05, 3.63) is 59.7 Å². The predicted molar refractivity (Wildman–Crippen MR) is 72.6 cm³/mol. The third-order valence-electron chi connectivity index (χ3n) is 2.71. The number of aromatic nitrogens is 1. The van der Waals surface area contributed by atoms with Gasteiger partial charge in [0.1, 0.15) is 0 Å². The molecule has 20 heavy (non-hydrogen) atoms. The van der Waals surface area contributed by atoms with Crippen LogP contribution in [0.2, 0.25) is 0 Å². The van der Waals surface area contributed by atoms with Crippen LogP contribution in [0, 0.1) is 5.82 Å². The van der Waals surface area contributed by atoms with Gasteiger partial charge in [-0.15, -0.1) is 0 Å². The number of carbonyl (C=O) groups excluding carboxylic acids is 1. The molecule has 1 amide bonds. The zero-order valence-electron chi connectivity index (χ0n) is 10.7. The Kier molecular flexibility index (Phi) is 4.05. The van der Waals surface area contributed by atoms with Crippen molar-refractivity contribution in [2.75, 3.05) is 5.32 Å². The molecule has 0 spiro atoms. The van der Waals surface area contributed by atoms with Crippen LogP contribution in [0.25, 0.3) is 0 Å². The molecule has 0 aliphatic heterocycles. The summed E-state index contributed by atoms with van der Waals surface area (Å²) < 4.78 is 13.4. The largest absolute Gasteiger partial charge is 0.411 e. The number of benzene rings is 1. The van der Waals surface area contributed by atoms with Crippen molar-refractivity contribution in [2.45, 2.75) is 6.92 Å². The summed E-state index contributed by atoms with van der Waals surface area (Å²) in [4.78, 5) is 15.5. The molecule has 0 aliphatic carbocycles. The lowest BCUT2D eigenvalue weighted by Gasteiger charge is -2.07. The Hall–Kier alpha value is -2.76. The van der Waals surface area contributed by atoms with Crippen molar-refractivity contribution in [3.8, 4) is 0 Å². The van der Waals surface area contributed by atoms with Crippen molar-refractivity contribution < 1.29 is 14.4 Å². The number of hydrogen-bond acceptors (Lipinski definition) is 4. The van der Waals surface area contributed by atoms with Crippen molar-refractivity contribution in [2.24, 2.45) is 5.16 Å². The van der Waals surface area contributed by atoms with Crippen LogP contribution in [0.3, 0.4) is 0 Å². The maximum absolute atomic E-state index is 13.4. The van der Waals surface area contributed by atoms with Gasteiger partial charge in [0.25, 0.3) is 5.91 Å². The average Bonchev–Trinajstić information content (AvgIpc) is 2.47. The summed E-state index contributed by atoms with van der Waals surface area (Å²) >= 11 is 0. The number of hydrogen-bond donors (Lipinski definition) is 2. The zero-order valence-corrected chi connectivity index (χ0v) is 10.7. The summed E-state index contributed by atoms with van der Waals surface area (Å²) in [6.07, 6.45) is 2.32. The molecule has 6 heteroatoms.